The summed E-state index contributed by atoms with van der Waals surface area (Å²) >= 11 is 12.4. The summed E-state index contributed by atoms with van der Waals surface area (Å²) in [4.78, 5) is 6.37. The van der Waals surface area contributed by atoms with Crippen LogP contribution in [0.5, 0.6) is 0 Å². The van der Waals surface area contributed by atoms with Gasteiger partial charge in [0.1, 0.15) is 0 Å². The van der Waals surface area contributed by atoms with Crippen LogP contribution in [-0.2, 0) is 0 Å². The van der Waals surface area contributed by atoms with E-state index in [4.69, 9.17) is 28.9 Å². The molecule has 0 saturated heterocycles. The summed E-state index contributed by atoms with van der Waals surface area (Å²) < 4.78 is 0. The van der Waals surface area contributed by atoms with Crippen molar-refractivity contribution in [3.63, 3.8) is 0 Å². The van der Waals surface area contributed by atoms with E-state index in [-0.39, 0.29) is 6.04 Å². The lowest BCUT2D eigenvalue weighted by Gasteiger charge is -2.28. The number of aryl methyl sites for hydroxylation is 1. The highest BCUT2D eigenvalue weighted by Crippen LogP contribution is 2.36. The summed E-state index contributed by atoms with van der Waals surface area (Å²) in [6.07, 6.45) is 0. The Bertz CT molecular complexity index is 712. The molecule has 2 aromatic carbocycles. The molecule has 0 radical (unpaired) electrons. The largest absolute Gasteiger partial charge is 0.369 e. The Hall–Kier alpha value is -1.71. The number of guanidine groups is 1. The van der Waals surface area contributed by atoms with Gasteiger partial charge in [-0.05, 0) is 42.3 Å². The number of rotatable bonds is 2. The van der Waals surface area contributed by atoms with Gasteiger partial charge in [0.05, 0.1) is 23.3 Å². The third kappa shape index (κ3) is 2.59. The van der Waals surface area contributed by atoms with Crippen molar-refractivity contribution in [2.24, 2.45) is 10.7 Å². The van der Waals surface area contributed by atoms with E-state index < -0.39 is 0 Å². The maximum Gasteiger partial charge on any atom is 0.196 e. The van der Waals surface area contributed by atoms with Crippen molar-refractivity contribution in [2.75, 3.05) is 11.4 Å². The minimum Gasteiger partial charge on any atom is -0.369 e. The number of nitrogens with zero attached hydrogens (tertiary/aromatic N) is 2. The van der Waals surface area contributed by atoms with Crippen molar-refractivity contribution >= 4 is 34.8 Å². The maximum atomic E-state index is 6.31. The third-order valence-electron chi connectivity index (χ3n) is 3.69. The van der Waals surface area contributed by atoms with Crippen LogP contribution in [0.4, 0.5) is 5.69 Å². The summed E-state index contributed by atoms with van der Waals surface area (Å²) in [7, 11) is 0. The first-order chi connectivity index (χ1) is 10.1. The molecule has 0 fully saturated rings. The molecule has 0 aliphatic carbocycles. The molecule has 0 aromatic heterocycles. The molecular weight excluding hydrogens is 305 g/mol. The van der Waals surface area contributed by atoms with Gasteiger partial charge in [-0.25, -0.2) is 0 Å². The lowest BCUT2D eigenvalue weighted by atomic mass is 10.0. The van der Waals surface area contributed by atoms with Crippen LogP contribution in [0.3, 0.4) is 0 Å². The predicted molar refractivity (Wildman–Crippen MR) is 89.4 cm³/mol. The standard InChI is InChI=1S/C16H15Cl2N3/c1-10-8-11(17)6-7-12(10)15-9-20-16(19)21(15)14-5-3-2-4-13(14)18/h2-8,15H,9H2,1H3,(H2,19,20). The first kappa shape index (κ1) is 14.2. The number of para-hydroxylation sites is 1. The fraction of sp³-hybridized carbons (Fsp3) is 0.188. The highest BCUT2D eigenvalue weighted by molar-refractivity contribution is 6.34. The second kappa shape index (κ2) is 5.58. The number of halogens is 2. The smallest absolute Gasteiger partial charge is 0.196 e. The Labute approximate surface area is 134 Å². The molecule has 0 saturated carbocycles. The van der Waals surface area contributed by atoms with Crippen molar-refractivity contribution < 1.29 is 0 Å². The summed E-state index contributed by atoms with van der Waals surface area (Å²) in [5, 5.41) is 1.39. The minimum absolute atomic E-state index is 0.0437. The second-order valence-electron chi connectivity index (χ2n) is 5.04. The molecule has 3 nitrogen and oxygen atoms in total. The van der Waals surface area contributed by atoms with Gasteiger partial charge in [-0.1, -0.05) is 41.4 Å². The molecule has 21 heavy (non-hydrogen) atoms. The molecule has 0 amide bonds. The van der Waals surface area contributed by atoms with Crippen molar-refractivity contribution in [2.45, 2.75) is 13.0 Å². The third-order valence-corrected chi connectivity index (χ3v) is 4.24. The lowest BCUT2D eigenvalue weighted by Crippen LogP contribution is -2.36. The van der Waals surface area contributed by atoms with Crippen LogP contribution in [0.1, 0.15) is 17.2 Å². The molecule has 0 spiro atoms. The van der Waals surface area contributed by atoms with Crippen LogP contribution in [-0.4, -0.2) is 12.5 Å². The monoisotopic (exact) mass is 319 g/mol. The topological polar surface area (TPSA) is 41.6 Å². The molecule has 2 N–H and O–H groups in total. The average molecular weight is 320 g/mol. The minimum atomic E-state index is 0.0437. The molecule has 1 aliphatic rings. The first-order valence-corrected chi connectivity index (χ1v) is 7.43. The van der Waals surface area contributed by atoms with Gasteiger partial charge in [0.25, 0.3) is 0 Å². The van der Waals surface area contributed by atoms with Crippen molar-refractivity contribution in [3.05, 3.63) is 63.6 Å². The summed E-state index contributed by atoms with van der Waals surface area (Å²) in [6.45, 7) is 2.65. The Kier molecular flexibility index (Phi) is 3.79. The SMILES string of the molecule is Cc1cc(Cl)ccc1C1CN=C(N)N1c1ccccc1Cl. The zero-order valence-corrected chi connectivity index (χ0v) is 13.1. The number of hydrogen-bond donors (Lipinski definition) is 1. The van der Waals surface area contributed by atoms with Gasteiger partial charge < -0.3 is 10.6 Å². The predicted octanol–water partition coefficient (Wildman–Crippen LogP) is 4.18. The van der Waals surface area contributed by atoms with E-state index in [1.54, 1.807) is 0 Å². The number of benzene rings is 2. The van der Waals surface area contributed by atoms with Crippen LogP contribution in [0, 0.1) is 6.92 Å². The summed E-state index contributed by atoms with van der Waals surface area (Å²) in [5.41, 5.74) is 9.23. The van der Waals surface area contributed by atoms with Gasteiger partial charge in [0.2, 0.25) is 0 Å². The zero-order valence-electron chi connectivity index (χ0n) is 11.6. The van der Waals surface area contributed by atoms with Gasteiger partial charge in [0.15, 0.2) is 5.96 Å². The van der Waals surface area contributed by atoms with E-state index in [2.05, 4.69) is 4.99 Å². The number of hydrogen-bond acceptors (Lipinski definition) is 3. The van der Waals surface area contributed by atoms with E-state index in [9.17, 15) is 0 Å². The van der Waals surface area contributed by atoms with E-state index in [1.807, 2.05) is 54.3 Å². The van der Waals surface area contributed by atoms with Gasteiger partial charge >= 0.3 is 0 Å². The number of nitrogens with two attached hydrogens (primary N) is 1. The molecule has 1 unspecified atom stereocenters. The molecule has 2 aromatic rings. The molecule has 108 valence electrons. The van der Waals surface area contributed by atoms with Crippen LogP contribution in [0.15, 0.2) is 47.5 Å². The van der Waals surface area contributed by atoms with Crippen molar-refractivity contribution in [3.8, 4) is 0 Å². The van der Waals surface area contributed by atoms with E-state index in [0.29, 0.717) is 17.5 Å². The first-order valence-electron chi connectivity index (χ1n) is 6.67. The van der Waals surface area contributed by atoms with Crippen molar-refractivity contribution in [1.29, 1.82) is 0 Å². The fourth-order valence-electron chi connectivity index (χ4n) is 2.69. The van der Waals surface area contributed by atoms with E-state index >= 15 is 0 Å². The van der Waals surface area contributed by atoms with E-state index in [1.165, 1.54) is 0 Å². The highest BCUT2D eigenvalue weighted by Gasteiger charge is 2.30. The van der Waals surface area contributed by atoms with Crippen LogP contribution in [0.2, 0.25) is 10.0 Å². The van der Waals surface area contributed by atoms with Crippen LogP contribution in [0.25, 0.3) is 0 Å². The molecule has 0 bridgehead atoms. The van der Waals surface area contributed by atoms with Crippen LogP contribution >= 0.6 is 23.2 Å². The quantitative estimate of drug-likeness (QED) is 0.902. The molecule has 5 heteroatoms. The van der Waals surface area contributed by atoms with Gasteiger partial charge in [-0.15, -0.1) is 0 Å². The molecule has 1 atom stereocenters. The van der Waals surface area contributed by atoms with Gasteiger partial charge in [-0.3, -0.25) is 4.99 Å². The Morgan fingerprint density at radius 3 is 2.67 bits per heavy atom. The summed E-state index contributed by atoms with van der Waals surface area (Å²) in [6, 6.07) is 13.6. The summed E-state index contributed by atoms with van der Waals surface area (Å²) in [5.74, 6) is 0.488. The normalized spacial score (nSPS) is 18.0. The van der Waals surface area contributed by atoms with Gasteiger partial charge in [-0.2, -0.15) is 0 Å². The molecular formula is C16H15Cl2N3. The van der Waals surface area contributed by atoms with Gasteiger partial charge in [0, 0.05) is 5.02 Å². The lowest BCUT2D eigenvalue weighted by molar-refractivity contribution is 0.762. The van der Waals surface area contributed by atoms with Crippen molar-refractivity contribution in [1.82, 2.24) is 0 Å². The Balaban J connectivity index is 2.05. The maximum absolute atomic E-state index is 6.31. The van der Waals surface area contributed by atoms with E-state index in [0.717, 1.165) is 21.8 Å². The molecule has 1 aliphatic heterocycles. The average Bonchev–Trinajstić information content (AvgIpc) is 2.81. The van der Waals surface area contributed by atoms with Crippen LogP contribution < -0.4 is 10.6 Å². The number of anilines is 1. The fourth-order valence-corrected chi connectivity index (χ4v) is 3.14. The molecule has 1 heterocycles. The Morgan fingerprint density at radius 1 is 1.19 bits per heavy atom. The molecule has 3 rings (SSSR count). The Morgan fingerprint density at radius 2 is 1.95 bits per heavy atom. The number of aliphatic imine (C=N–C) groups is 1. The zero-order chi connectivity index (χ0) is 15.0. The highest BCUT2D eigenvalue weighted by atomic mass is 35.5. The second-order valence-corrected chi connectivity index (χ2v) is 5.88.